The number of aromatic nitrogens is 3. The predicted octanol–water partition coefficient (Wildman–Crippen LogP) is 8.53. The van der Waals surface area contributed by atoms with Crippen molar-refractivity contribution in [3.05, 3.63) is 113 Å². The molecule has 0 fully saturated rings. The van der Waals surface area contributed by atoms with E-state index in [9.17, 15) is 0 Å². The Morgan fingerprint density at radius 2 is 1.66 bits per heavy atom. The SMILES string of the molecule is Cc1ccc2c(n1)oc1c(-c3nccc4sc(C)c(C)c34)[c-]ccc12.[Ir].[c-]1ccccc1-c1ccccn1. The standard InChI is InChI=1S/C21H15N2OS.C11H8N.Ir/c1-11-7-8-15-14-5-4-6-16(20(14)24-21(15)23-11)19-18-12(2)13(3)25-17(18)9-10-22-19;1-2-6-10(7-3-1)11-8-4-5-9-12-11;/h4-5,7-10H,1-3H3;1-6,8-9H;/q2*-1;. The number of furan rings is 1. The summed E-state index contributed by atoms with van der Waals surface area (Å²) in [5, 5.41) is 3.28. The second-order valence-corrected chi connectivity index (χ2v) is 10.1. The summed E-state index contributed by atoms with van der Waals surface area (Å²) < 4.78 is 7.38. The third-order valence-electron chi connectivity index (χ3n) is 6.40. The molecule has 0 aliphatic heterocycles. The van der Waals surface area contributed by atoms with Gasteiger partial charge in [0.2, 0.25) is 5.71 Å². The second-order valence-electron chi connectivity index (χ2n) is 8.81. The summed E-state index contributed by atoms with van der Waals surface area (Å²) in [6, 6.07) is 30.3. The fraction of sp³-hybridized carbons (Fsp3) is 0.0938. The molecule has 6 heteroatoms. The van der Waals surface area contributed by atoms with Gasteiger partial charge in [-0.25, -0.2) is 4.98 Å². The van der Waals surface area contributed by atoms with Crippen molar-refractivity contribution in [2.45, 2.75) is 20.8 Å². The van der Waals surface area contributed by atoms with Crippen LogP contribution in [-0.4, -0.2) is 15.0 Å². The van der Waals surface area contributed by atoms with Crippen LogP contribution < -0.4 is 0 Å². The van der Waals surface area contributed by atoms with Crippen molar-refractivity contribution in [1.82, 2.24) is 15.0 Å². The van der Waals surface area contributed by atoms with Gasteiger partial charge in [0.25, 0.3) is 0 Å². The monoisotopic (exact) mass is 690 g/mol. The Morgan fingerprint density at radius 3 is 2.45 bits per heavy atom. The maximum atomic E-state index is 6.14. The molecule has 0 amide bonds. The number of benzene rings is 2. The minimum absolute atomic E-state index is 0. The van der Waals surface area contributed by atoms with E-state index in [4.69, 9.17) is 4.42 Å². The van der Waals surface area contributed by atoms with Gasteiger partial charge in [0.05, 0.1) is 5.58 Å². The maximum Gasteiger partial charge on any atom is 0.216 e. The average Bonchev–Trinajstić information content (AvgIpc) is 3.45. The van der Waals surface area contributed by atoms with Crippen LogP contribution in [0.5, 0.6) is 0 Å². The Bertz CT molecular complexity index is 1820. The number of hydrogen-bond acceptors (Lipinski definition) is 5. The first-order valence-corrected chi connectivity index (χ1v) is 12.9. The number of rotatable bonds is 2. The fourth-order valence-corrected chi connectivity index (χ4v) is 5.53. The molecule has 0 spiro atoms. The predicted molar refractivity (Wildman–Crippen MR) is 152 cm³/mol. The topological polar surface area (TPSA) is 51.8 Å². The van der Waals surface area contributed by atoms with E-state index in [1.807, 2.05) is 73.8 Å². The molecule has 7 rings (SSSR count). The summed E-state index contributed by atoms with van der Waals surface area (Å²) in [5.41, 5.74) is 7.54. The van der Waals surface area contributed by atoms with E-state index in [1.165, 1.54) is 20.5 Å². The van der Waals surface area contributed by atoms with Crippen LogP contribution in [0.3, 0.4) is 0 Å². The van der Waals surface area contributed by atoms with E-state index in [1.54, 1.807) is 17.5 Å². The van der Waals surface area contributed by atoms with Crippen LogP contribution in [0.1, 0.15) is 16.1 Å². The van der Waals surface area contributed by atoms with Gasteiger partial charge in [0.15, 0.2) is 0 Å². The quantitative estimate of drug-likeness (QED) is 0.171. The van der Waals surface area contributed by atoms with Gasteiger partial charge >= 0.3 is 0 Å². The molecule has 0 aliphatic carbocycles. The molecule has 0 unspecified atom stereocenters. The molecule has 0 bridgehead atoms. The fourth-order valence-electron chi connectivity index (χ4n) is 4.46. The number of hydrogen-bond donors (Lipinski definition) is 0. The van der Waals surface area contributed by atoms with E-state index < -0.39 is 0 Å². The molecule has 1 radical (unpaired) electrons. The molecule has 0 atom stereocenters. The molecule has 5 aromatic heterocycles. The van der Waals surface area contributed by atoms with Crippen LogP contribution >= 0.6 is 11.3 Å². The van der Waals surface area contributed by atoms with Crippen LogP contribution in [0.2, 0.25) is 0 Å². The summed E-state index contributed by atoms with van der Waals surface area (Å²) in [6.07, 6.45) is 3.65. The number of fused-ring (bicyclic) bond motifs is 4. The van der Waals surface area contributed by atoms with Crippen LogP contribution in [0.15, 0.2) is 89.6 Å². The van der Waals surface area contributed by atoms with Crippen LogP contribution in [0.4, 0.5) is 0 Å². The van der Waals surface area contributed by atoms with Gasteiger partial charge in [0.1, 0.15) is 0 Å². The first kappa shape index (κ1) is 25.9. The first-order chi connectivity index (χ1) is 18.1. The zero-order valence-corrected chi connectivity index (χ0v) is 24.3. The second kappa shape index (κ2) is 11.0. The normalized spacial score (nSPS) is 10.8. The van der Waals surface area contributed by atoms with Gasteiger partial charge in [-0.3, -0.25) is 0 Å². The molecule has 0 N–H and O–H groups in total. The van der Waals surface area contributed by atoms with Gasteiger partial charge in [-0.1, -0.05) is 23.1 Å². The Hall–Kier alpha value is -3.70. The Kier molecular flexibility index (Phi) is 7.48. The Labute approximate surface area is 238 Å². The van der Waals surface area contributed by atoms with E-state index in [2.05, 4.69) is 53.1 Å². The van der Waals surface area contributed by atoms with E-state index in [-0.39, 0.29) is 20.1 Å². The number of thiophene rings is 1. The molecule has 0 saturated heterocycles. The van der Waals surface area contributed by atoms with Gasteiger partial charge in [-0.2, -0.15) is 0 Å². The van der Waals surface area contributed by atoms with Crippen molar-refractivity contribution >= 4 is 43.5 Å². The van der Waals surface area contributed by atoms with Crippen LogP contribution in [-0.2, 0) is 20.1 Å². The van der Waals surface area contributed by atoms with Gasteiger partial charge < -0.3 is 14.4 Å². The van der Waals surface area contributed by atoms with Gasteiger partial charge in [0, 0.05) is 58.9 Å². The summed E-state index contributed by atoms with van der Waals surface area (Å²) in [6.45, 7) is 6.28. The van der Waals surface area contributed by atoms with E-state index >= 15 is 0 Å². The zero-order chi connectivity index (χ0) is 25.4. The summed E-state index contributed by atoms with van der Waals surface area (Å²) in [7, 11) is 0. The molecule has 2 aromatic carbocycles. The molecular formula is C32H23IrN3OS-2. The summed E-state index contributed by atoms with van der Waals surface area (Å²) in [5.74, 6) is 0. The third kappa shape index (κ3) is 4.79. The van der Waals surface area contributed by atoms with Crippen LogP contribution in [0, 0.1) is 32.9 Å². The van der Waals surface area contributed by atoms with Crippen molar-refractivity contribution in [1.29, 1.82) is 0 Å². The molecule has 189 valence electrons. The van der Waals surface area contributed by atoms with Crippen molar-refractivity contribution in [2.24, 2.45) is 0 Å². The minimum atomic E-state index is 0. The summed E-state index contributed by atoms with van der Waals surface area (Å²) >= 11 is 1.80. The van der Waals surface area contributed by atoms with Crippen molar-refractivity contribution in [2.75, 3.05) is 0 Å². The zero-order valence-electron chi connectivity index (χ0n) is 21.1. The third-order valence-corrected chi connectivity index (χ3v) is 7.58. The van der Waals surface area contributed by atoms with Crippen molar-refractivity contribution in [3.8, 4) is 22.5 Å². The smallest absolute Gasteiger partial charge is 0.216 e. The largest absolute Gasteiger partial charge is 0.486 e. The van der Waals surface area contributed by atoms with E-state index in [0.29, 0.717) is 5.71 Å². The van der Waals surface area contributed by atoms with Crippen LogP contribution in [0.25, 0.3) is 54.7 Å². The Balaban J connectivity index is 0.000000191. The van der Waals surface area contributed by atoms with Crippen molar-refractivity contribution < 1.29 is 24.5 Å². The maximum absolute atomic E-state index is 6.14. The average molecular weight is 690 g/mol. The number of nitrogens with zero attached hydrogens (tertiary/aromatic N) is 3. The number of aryl methyl sites for hydroxylation is 3. The molecule has 0 saturated carbocycles. The van der Waals surface area contributed by atoms with Gasteiger partial charge in [-0.15, -0.1) is 65.4 Å². The molecule has 38 heavy (non-hydrogen) atoms. The van der Waals surface area contributed by atoms with Gasteiger partial charge in [-0.05, 0) is 61.7 Å². The Morgan fingerprint density at radius 1 is 0.789 bits per heavy atom. The first-order valence-electron chi connectivity index (χ1n) is 12.0. The molecule has 5 heterocycles. The molecule has 0 aliphatic rings. The number of pyridine rings is 3. The molecular weight excluding hydrogens is 667 g/mol. The van der Waals surface area contributed by atoms with Crippen molar-refractivity contribution in [3.63, 3.8) is 0 Å². The minimum Gasteiger partial charge on any atom is -0.486 e. The molecule has 4 nitrogen and oxygen atoms in total. The summed E-state index contributed by atoms with van der Waals surface area (Å²) in [4.78, 5) is 14.8. The van der Waals surface area contributed by atoms with E-state index in [0.717, 1.165) is 44.6 Å². The molecule has 7 aromatic rings.